The third-order valence-electron chi connectivity index (χ3n) is 2.51. The van der Waals surface area contributed by atoms with Gasteiger partial charge in [-0.1, -0.05) is 6.07 Å². The average molecular weight is 253 g/mol. The molecule has 1 atom stereocenters. The second-order valence-corrected chi connectivity index (χ2v) is 4.07. The van der Waals surface area contributed by atoms with Crippen molar-refractivity contribution in [2.75, 3.05) is 13.1 Å². The van der Waals surface area contributed by atoms with Crippen LogP contribution >= 0.6 is 0 Å². The van der Waals surface area contributed by atoms with Crippen LogP contribution in [0.15, 0.2) is 18.2 Å². The highest BCUT2D eigenvalue weighted by molar-refractivity contribution is 5.81. The van der Waals surface area contributed by atoms with Crippen molar-refractivity contribution in [3.8, 4) is 11.5 Å². The Kier molecular flexibility index (Phi) is 5.41. The molecule has 0 saturated heterocycles. The molecule has 0 saturated carbocycles. The first-order chi connectivity index (χ1) is 8.54. The minimum Gasteiger partial charge on any atom is -0.504 e. The van der Waals surface area contributed by atoms with Gasteiger partial charge in [-0.25, -0.2) is 0 Å². The second kappa shape index (κ2) is 6.83. The van der Waals surface area contributed by atoms with Crippen molar-refractivity contribution >= 4 is 5.91 Å². The minimum atomic E-state index is -0.688. The Balaban J connectivity index is 2.50. The summed E-state index contributed by atoms with van der Waals surface area (Å²) in [7, 11) is 0. The number of aromatic hydroxyl groups is 2. The number of carbonyl (C=O) groups is 1. The van der Waals surface area contributed by atoms with E-state index in [1.165, 1.54) is 12.1 Å². The lowest BCUT2D eigenvalue weighted by atomic mass is 10.1. The van der Waals surface area contributed by atoms with E-state index in [-0.39, 0.29) is 17.4 Å². The number of nitrogens with two attached hydrogens (primary N) is 2. The maximum Gasteiger partial charge on any atom is 0.237 e. The predicted octanol–water partition coefficient (Wildman–Crippen LogP) is -0.567. The average Bonchev–Trinajstić information content (AvgIpc) is 2.34. The van der Waals surface area contributed by atoms with Gasteiger partial charge in [0, 0.05) is 6.54 Å². The molecule has 1 rings (SSSR count). The molecule has 0 fully saturated rings. The van der Waals surface area contributed by atoms with Crippen LogP contribution in [-0.4, -0.2) is 35.3 Å². The van der Waals surface area contributed by atoms with E-state index in [0.29, 0.717) is 31.5 Å². The monoisotopic (exact) mass is 253 g/mol. The maximum atomic E-state index is 11.6. The summed E-state index contributed by atoms with van der Waals surface area (Å²) in [6, 6.07) is 3.68. The Morgan fingerprint density at radius 1 is 1.33 bits per heavy atom. The molecular formula is C12H19N3O3. The molecule has 6 heteroatoms. The summed E-state index contributed by atoms with van der Waals surface area (Å²) < 4.78 is 0. The van der Waals surface area contributed by atoms with Crippen LogP contribution in [0.2, 0.25) is 0 Å². The van der Waals surface area contributed by atoms with Crippen LogP contribution in [0.25, 0.3) is 0 Å². The first-order valence-corrected chi connectivity index (χ1v) is 5.78. The third kappa shape index (κ3) is 4.23. The van der Waals surface area contributed by atoms with Gasteiger partial charge in [0.25, 0.3) is 0 Å². The van der Waals surface area contributed by atoms with Crippen molar-refractivity contribution < 1.29 is 15.0 Å². The number of benzene rings is 1. The molecule has 18 heavy (non-hydrogen) atoms. The van der Waals surface area contributed by atoms with E-state index in [1.54, 1.807) is 6.07 Å². The molecule has 0 aliphatic carbocycles. The Morgan fingerprint density at radius 3 is 2.67 bits per heavy atom. The number of nitrogens with one attached hydrogen (secondary N) is 1. The minimum absolute atomic E-state index is 0.195. The van der Waals surface area contributed by atoms with Gasteiger partial charge in [0.1, 0.15) is 0 Å². The quantitative estimate of drug-likeness (QED) is 0.343. The van der Waals surface area contributed by atoms with Gasteiger partial charge in [0.05, 0.1) is 6.04 Å². The van der Waals surface area contributed by atoms with Crippen molar-refractivity contribution in [2.45, 2.75) is 18.9 Å². The third-order valence-corrected chi connectivity index (χ3v) is 2.51. The largest absolute Gasteiger partial charge is 0.504 e. The van der Waals surface area contributed by atoms with Crippen LogP contribution in [0.1, 0.15) is 12.0 Å². The summed E-state index contributed by atoms with van der Waals surface area (Å²) in [5.74, 6) is -0.668. The fourth-order valence-corrected chi connectivity index (χ4v) is 1.49. The number of phenols is 2. The normalized spacial score (nSPS) is 12.1. The molecular weight excluding hydrogens is 234 g/mol. The fourth-order valence-electron chi connectivity index (χ4n) is 1.49. The zero-order valence-electron chi connectivity index (χ0n) is 10.1. The van der Waals surface area contributed by atoms with E-state index in [4.69, 9.17) is 16.6 Å². The molecule has 1 aromatic rings. The first-order valence-electron chi connectivity index (χ1n) is 5.78. The van der Waals surface area contributed by atoms with Gasteiger partial charge < -0.3 is 27.0 Å². The molecule has 6 nitrogen and oxygen atoms in total. The molecule has 100 valence electrons. The zero-order valence-corrected chi connectivity index (χ0v) is 10.1. The van der Waals surface area contributed by atoms with E-state index < -0.39 is 6.04 Å². The SMILES string of the molecule is NCCCNC(=O)[C@@H](N)Cc1ccc(O)c(O)c1. The number of phenolic OH excluding ortho intramolecular Hbond substituents is 2. The van der Waals surface area contributed by atoms with E-state index >= 15 is 0 Å². The lowest BCUT2D eigenvalue weighted by Gasteiger charge is -2.12. The van der Waals surface area contributed by atoms with E-state index in [2.05, 4.69) is 5.32 Å². The van der Waals surface area contributed by atoms with Crippen molar-refractivity contribution in [3.05, 3.63) is 23.8 Å². The smallest absolute Gasteiger partial charge is 0.237 e. The number of hydrogen-bond acceptors (Lipinski definition) is 5. The summed E-state index contributed by atoms with van der Waals surface area (Å²) in [5.41, 5.74) is 11.7. The van der Waals surface area contributed by atoms with Gasteiger partial charge in [-0.05, 0) is 37.1 Å². The van der Waals surface area contributed by atoms with E-state index in [9.17, 15) is 9.90 Å². The molecule has 1 amide bonds. The number of amides is 1. The Bertz CT molecular complexity index is 410. The van der Waals surface area contributed by atoms with Gasteiger partial charge in [0.2, 0.25) is 5.91 Å². The molecule has 0 unspecified atom stereocenters. The van der Waals surface area contributed by atoms with E-state index in [1.807, 2.05) is 0 Å². The summed E-state index contributed by atoms with van der Waals surface area (Å²) in [5, 5.41) is 21.2. The van der Waals surface area contributed by atoms with Crippen LogP contribution in [-0.2, 0) is 11.2 Å². The summed E-state index contributed by atoms with van der Waals surface area (Å²) in [4.78, 5) is 11.6. The lowest BCUT2D eigenvalue weighted by molar-refractivity contribution is -0.122. The molecule has 7 N–H and O–H groups in total. The highest BCUT2D eigenvalue weighted by atomic mass is 16.3. The fraction of sp³-hybridized carbons (Fsp3) is 0.417. The zero-order chi connectivity index (χ0) is 13.5. The molecule has 0 aliphatic rings. The number of rotatable bonds is 6. The highest BCUT2D eigenvalue weighted by Crippen LogP contribution is 2.25. The molecule has 0 spiro atoms. The predicted molar refractivity (Wildman–Crippen MR) is 68.1 cm³/mol. The van der Waals surface area contributed by atoms with Gasteiger partial charge in [-0.3, -0.25) is 4.79 Å². The Hall–Kier alpha value is -1.79. The molecule has 0 heterocycles. The van der Waals surface area contributed by atoms with Crippen LogP contribution in [0, 0.1) is 0 Å². The van der Waals surface area contributed by atoms with Crippen molar-refractivity contribution in [1.29, 1.82) is 0 Å². The van der Waals surface area contributed by atoms with Gasteiger partial charge in [-0.2, -0.15) is 0 Å². The molecule has 0 aromatic heterocycles. The molecule has 0 aliphatic heterocycles. The number of carbonyl (C=O) groups excluding carboxylic acids is 1. The topological polar surface area (TPSA) is 122 Å². The summed E-state index contributed by atoms with van der Waals surface area (Å²) in [6.07, 6.45) is 1.00. The maximum absolute atomic E-state index is 11.6. The van der Waals surface area contributed by atoms with Gasteiger partial charge in [0.15, 0.2) is 11.5 Å². The van der Waals surface area contributed by atoms with Crippen LogP contribution in [0.5, 0.6) is 11.5 Å². The molecule has 0 bridgehead atoms. The van der Waals surface area contributed by atoms with Crippen molar-refractivity contribution in [3.63, 3.8) is 0 Å². The van der Waals surface area contributed by atoms with Crippen LogP contribution < -0.4 is 16.8 Å². The first kappa shape index (κ1) is 14.3. The van der Waals surface area contributed by atoms with Crippen LogP contribution in [0.3, 0.4) is 0 Å². The van der Waals surface area contributed by atoms with Crippen LogP contribution in [0.4, 0.5) is 0 Å². The van der Waals surface area contributed by atoms with E-state index in [0.717, 1.165) is 0 Å². The van der Waals surface area contributed by atoms with Crippen molar-refractivity contribution in [2.24, 2.45) is 11.5 Å². The Labute approximate surface area is 106 Å². The lowest BCUT2D eigenvalue weighted by Crippen LogP contribution is -2.42. The highest BCUT2D eigenvalue weighted by Gasteiger charge is 2.14. The Morgan fingerprint density at radius 2 is 2.06 bits per heavy atom. The summed E-state index contributed by atoms with van der Waals surface area (Å²) in [6.45, 7) is 1.02. The molecule has 0 radical (unpaired) electrons. The van der Waals surface area contributed by atoms with Gasteiger partial charge in [-0.15, -0.1) is 0 Å². The summed E-state index contributed by atoms with van der Waals surface area (Å²) >= 11 is 0. The van der Waals surface area contributed by atoms with Gasteiger partial charge >= 0.3 is 0 Å². The standard InChI is InChI=1S/C12H19N3O3/c13-4-1-5-15-12(18)9(14)6-8-2-3-10(16)11(17)7-8/h2-3,7,9,16-17H,1,4-6,13-14H2,(H,15,18)/t9-/m0/s1. The van der Waals surface area contributed by atoms with Crippen molar-refractivity contribution in [1.82, 2.24) is 5.32 Å². The second-order valence-electron chi connectivity index (χ2n) is 4.07. The number of hydrogen-bond donors (Lipinski definition) is 5. The molecule has 1 aromatic carbocycles.